The summed E-state index contributed by atoms with van der Waals surface area (Å²) in [5.41, 5.74) is 0.893. The van der Waals surface area contributed by atoms with Crippen molar-refractivity contribution in [1.29, 1.82) is 0 Å². The van der Waals surface area contributed by atoms with Crippen molar-refractivity contribution < 1.29 is 0 Å². The van der Waals surface area contributed by atoms with Crippen molar-refractivity contribution in [2.24, 2.45) is 17.3 Å². The molecule has 0 atom stereocenters. The van der Waals surface area contributed by atoms with Gasteiger partial charge in [-0.25, -0.2) is 0 Å². The molecule has 0 heterocycles. The standard InChI is InChI=1S/C11H21N/c1-9(2)7-12-8-10-5-11(6-10)3-4-11/h9-10,12H,3-8H2,1-2H3. The van der Waals surface area contributed by atoms with E-state index in [1.165, 1.54) is 38.8 Å². The normalized spacial score (nSPS) is 26.2. The fourth-order valence-electron chi connectivity index (χ4n) is 2.47. The van der Waals surface area contributed by atoms with Crippen LogP contribution in [-0.2, 0) is 0 Å². The Labute approximate surface area is 75.9 Å². The molecular formula is C11H21N. The molecule has 1 nitrogen and oxygen atoms in total. The third kappa shape index (κ3) is 1.82. The van der Waals surface area contributed by atoms with Gasteiger partial charge >= 0.3 is 0 Å². The van der Waals surface area contributed by atoms with Crippen LogP contribution in [0.2, 0.25) is 0 Å². The largest absolute Gasteiger partial charge is 0.316 e. The number of rotatable bonds is 4. The van der Waals surface area contributed by atoms with Crippen molar-refractivity contribution in [2.75, 3.05) is 13.1 Å². The van der Waals surface area contributed by atoms with Gasteiger partial charge in [-0.3, -0.25) is 0 Å². The van der Waals surface area contributed by atoms with Crippen molar-refractivity contribution in [3.63, 3.8) is 0 Å². The van der Waals surface area contributed by atoms with Crippen molar-refractivity contribution in [3.8, 4) is 0 Å². The minimum Gasteiger partial charge on any atom is -0.316 e. The van der Waals surface area contributed by atoms with Crippen LogP contribution in [-0.4, -0.2) is 13.1 Å². The van der Waals surface area contributed by atoms with E-state index < -0.39 is 0 Å². The molecule has 0 amide bonds. The van der Waals surface area contributed by atoms with E-state index in [0.29, 0.717) is 0 Å². The Morgan fingerprint density at radius 1 is 1.33 bits per heavy atom. The summed E-state index contributed by atoms with van der Waals surface area (Å²) in [5, 5.41) is 3.55. The van der Waals surface area contributed by atoms with E-state index in [4.69, 9.17) is 0 Å². The van der Waals surface area contributed by atoms with Crippen LogP contribution in [0.5, 0.6) is 0 Å². The maximum atomic E-state index is 3.55. The molecule has 0 bridgehead atoms. The van der Waals surface area contributed by atoms with Gasteiger partial charge in [-0.05, 0) is 56.0 Å². The average Bonchev–Trinajstić information content (AvgIpc) is 2.64. The summed E-state index contributed by atoms with van der Waals surface area (Å²) < 4.78 is 0. The minimum atomic E-state index is 0.806. The fraction of sp³-hybridized carbons (Fsp3) is 1.00. The zero-order valence-corrected chi connectivity index (χ0v) is 8.40. The summed E-state index contributed by atoms with van der Waals surface area (Å²) >= 11 is 0. The van der Waals surface area contributed by atoms with E-state index >= 15 is 0 Å². The molecule has 1 N–H and O–H groups in total. The highest BCUT2D eigenvalue weighted by atomic mass is 14.9. The zero-order chi connectivity index (χ0) is 8.60. The van der Waals surface area contributed by atoms with Gasteiger partial charge in [-0.1, -0.05) is 13.8 Å². The second-order valence-electron chi connectivity index (χ2n) is 5.33. The minimum absolute atomic E-state index is 0.806. The maximum absolute atomic E-state index is 3.55. The number of hydrogen-bond acceptors (Lipinski definition) is 1. The summed E-state index contributed by atoms with van der Waals surface area (Å²) in [5.74, 6) is 1.83. The fourth-order valence-corrected chi connectivity index (χ4v) is 2.47. The molecule has 0 saturated heterocycles. The Balaban J connectivity index is 1.52. The van der Waals surface area contributed by atoms with Crippen LogP contribution in [0.4, 0.5) is 0 Å². The first-order valence-corrected chi connectivity index (χ1v) is 5.41. The molecule has 2 saturated carbocycles. The average molecular weight is 167 g/mol. The molecule has 2 fully saturated rings. The Bertz CT molecular complexity index is 150. The molecule has 2 aliphatic carbocycles. The lowest BCUT2D eigenvalue weighted by molar-refractivity contribution is 0.164. The Morgan fingerprint density at radius 3 is 2.50 bits per heavy atom. The molecule has 1 heteroatoms. The summed E-state index contributed by atoms with van der Waals surface area (Å²) in [7, 11) is 0. The molecule has 0 aliphatic heterocycles. The summed E-state index contributed by atoms with van der Waals surface area (Å²) in [6.07, 6.45) is 6.12. The van der Waals surface area contributed by atoms with E-state index in [1.807, 2.05) is 0 Å². The molecule has 1 spiro atoms. The highest BCUT2D eigenvalue weighted by Gasteiger charge is 2.52. The van der Waals surface area contributed by atoms with Gasteiger partial charge in [0.2, 0.25) is 0 Å². The zero-order valence-electron chi connectivity index (χ0n) is 8.40. The van der Waals surface area contributed by atoms with E-state index in [-0.39, 0.29) is 0 Å². The van der Waals surface area contributed by atoms with Gasteiger partial charge in [-0.15, -0.1) is 0 Å². The van der Waals surface area contributed by atoms with Gasteiger partial charge in [0.05, 0.1) is 0 Å². The third-order valence-corrected chi connectivity index (χ3v) is 3.39. The van der Waals surface area contributed by atoms with E-state index in [1.54, 1.807) is 0 Å². The first kappa shape index (κ1) is 8.55. The third-order valence-electron chi connectivity index (χ3n) is 3.39. The van der Waals surface area contributed by atoms with E-state index in [0.717, 1.165) is 17.3 Å². The quantitative estimate of drug-likeness (QED) is 0.678. The molecule has 0 aromatic rings. The van der Waals surface area contributed by atoms with Crippen molar-refractivity contribution in [1.82, 2.24) is 5.32 Å². The molecule has 0 radical (unpaired) electrons. The molecule has 0 aromatic carbocycles. The lowest BCUT2D eigenvalue weighted by Crippen LogP contribution is -2.35. The lowest BCUT2D eigenvalue weighted by atomic mass is 9.72. The Hall–Kier alpha value is -0.0400. The second-order valence-corrected chi connectivity index (χ2v) is 5.33. The van der Waals surface area contributed by atoms with Gasteiger partial charge in [-0.2, -0.15) is 0 Å². The lowest BCUT2D eigenvalue weighted by Gasteiger charge is -2.36. The Kier molecular flexibility index (Phi) is 2.16. The summed E-state index contributed by atoms with van der Waals surface area (Å²) in [6.45, 7) is 7.02. The van der Waals surface area contributed by atoms with Gasteiger partial charge < -0.3 is 5.32 Å². The van der Waals surface area contributed by atoms with Crippen LogP contribution in [0.1, 0.15) is 39.5 Å². The molecular weight excluding hydrogens is 146 g/mol. The molecule has 70 valence electrons. The Morgan fingerprint density at radius 2 is 2.00 bits per heavy atom. The molecule has 2 aliphatic rings. The predicted octanol–water partition coefficient (Wildman–Crippen LogP) is 2.42. The van der Waals surface area contributed by atoms with Crippen molar-refractivity contribution in [3.05, 3.63) is 0 Å². The number of nitrogens with one attached hydrogen (secondary N) is 1. The predicted molar refractivity (Wildman–Crippen MR) is 52.1 cm³/mol. The van der Waals surface area contributed by atoms with Gasteiger partial charge in [0.1, 0.15) is 0 Å². The van der Waals surface area contributed by atoms with Crippen LogP contribution in [0.15, 0.2) is 0 Å². The first-order valence-electron chi connectivity index (χ1n) is 5.41. The number of hydrogen-bond donors (Lipinski definition) is 1. The van der Waals surface area contributed by atoms with Crippen LogP contribution < -0.4 is 5.32 Å². The highest BCUT2D eigenvalue weighted by Crippen LogP contribution is 2.63. The smallest absolute Gasteiger partial charge is 0.00200 e. The highest BCUT2D eigenvalue weighted by molar-refractivity contribution is 5.03. The summed E-state index contributed by atoms with van der Waals surface area (Å²) in [4.78, 5) is 0. The van der Waals surface area contributed by atoms with Crippen LogP contribution >= 0.6 is 0 Å². The van der Waals surface area contributed by atoms with Gasteiger partial charge in [0.15, 0.2) is 0 Å². The van der Waals surface area contributed by atoms with E-state index in [9.17, 15) is 0 Å². The van der Waals surface area contributed by atoms with Gasteiger partial charge in [0, 0.05) is 0 Å². The second kappa shape index (κ2) is 3.02. The topological polar surface area (TPSA) is 12.0 Å². The SMILES string of the molecule is CC(C)CNCC1CC2(CC2)C1. The van der Waals surface area contributed by atoms with Crippen LogP contribution in [0.3, 0.4) is 0 Å². The van der Waals surface area contributed by atoms with Crippen LogP contribution in [0, 0.1) is 17.3 Å². The molecule has 0 unspecified atom stereocenters. The molecule has 12 heavy (non-hydrogen) atoms. The van der Waals surface area contributed by atoms with Crippen molar-refractivity contribution in [2.45, 2.75) is 39.5 Å². The first-order chi connectivity index (χ1) is 5.70. The van der Waals surface area contributed by atoms with Gasteiger partial charge in [0.25, 0.3) is 0 Å². The maximum Gasteiger partial charge on any atom is -0.00200 e. The molecule has 2 rings (SSSR count). The van der Waals surface area contributed by atoms with E-state index in [2.05, 4.69) is 19.2 Å². The van der Waals surface area contributed by atoms with Crippen molar-refractivity contribution >= 4 is 0 Å². The summed E-state index contributed by atoms with van der Waals surface area (Å²) in [6, 6.07) is 0. The monoisotopic (exact) mass is 167 g/mol. The molecule has 0 aromatic heterocycles. The van der Waals surface area contributed by atoms with Crippen LogP contribution in [0.25, 0.3) is 0 Å².